The fourth-order valence-corrected chi connectivity index (χ4v) is 1.75. The van der Waals surface area contributed by atoms with E-state index in [1.54, 1.807) is 12.1 Å². The Morgan fingerprint density at radius 1 is 0.900 bits per heavy atom. The number of carbonyl (C=O) groups is 1. The van der Waals surface area contributed by atoms with Crippen molar-refractivity contribution in [3.8, 4) is 5.75 Å². The van der Waals surface area contributed by atoms with Crippen LogP contribution in [0.25, 0.3) is 0 Å². The zero-order valence-corrected chi connectivity index (χ0v) is 11.3. The summed E-state index contributed by atoms with van der Waals surface area (Å²) in [5, 5.41) is 0. The summed E-state index contributed by atoms with van der Waals surface area (Å²) in [5.41, 5.74) is 1.14. The van der Waals surface area contributed by atoms with Gasteiger partial charge in [0, 0.05) is 13.0 Å². The molecule has 0 unspecified atom stereocenters. The van der Waals surface area contributed by atoms with E-state index >= 15 is 0 Å². The quantitative estimate of drug-likeness (QED) is 0.438. The Balaban J connectivity index is 1.58. The SMILES string of the molecule is O=C(CCCOCc1ccccc1)Oc1ccccc1. The van der Waals surface area contributed by atoms with E-state index in [4.69, 9.17) is 9.47 Å². The first-order valence-electron chi connectivity index (χ1n) is 6.72. The molecule has 0 spiro atoms. The van der Waals surface area contributed by atoms with Crippen LogP contribution >= 0.6 is 0 Å². The average Bonchev–Trinajstić information content (AvgIpc) is 2.49. The Hall–Kier alpha value is -2.13. The topological polar surface area (TPSA) is 35.5 Å². The first-order valence-corrected chi connectivity index (χ1v) is 6.72. The number of para-hydroxylation sites is 1. The molecule has 0 radical (unpaired) electrons. The van der Waals surface area contributed by atoms with Crippen LogP contribution in [0.5, 0.6) is 5.75 Å². The molecule has 0 N–H and O–H groups in total. The second-order valence-corrected chi connectivity index (χ2v) is 4.43. The van der Waals surface area contributed by atoms with Crippen LogP contribution in [0.3, 0.4) is 0 Å². The lowest BCUT2D eigenvalue weighted by atomic mass is 10.2. The predicted octanol–water partition coefficient (Wildman–Crippen LogP) is 3.59. The molecule has 2 aromatic carbocycles. The molecule has 0 amide bonds. The number of benzene rings is 2. The van der Waals surface area contributed by atoms with E-state index in [9.17, 15) is 4.79 Å². The largest absolute Gasteiger partial charge is 0.427 e. The van der Waals surface area contributed by atoms with Crippen LogP contribution in [0.2, 0.25) is 0 Å². The van der Waals surface area contributed by atoms with Crippen molar-refractivity contribution in [1.82, 2.24) is 0 Å². The third-order valence-corrected chi connectivity index (χ3v) is 2.76. The highest BCUT2D eigenvalue weighted by atomic mass is 16.5. The summed E-state index contributed by atoms with van der Waals surface area (Å²) in [5.74, 6) is 0.363. The number of hydrogen-bond donors (Lipinski definition) is 0. The van der Waals surface area contributed by atoms with Gasteiger partial charge in [0.05, 0.1) is 6.61 Å². The zero-order valence-electron chi connectivity index (χ0n) is 11.3. The van der Waals surface area contributed by atoms with Crippen LogP contribution in [0.1, 0.15) is 18.4 Å². The molecule has 2 aromatic rings. The third-order valence-electron chi connectivity index (χ3n) is 2.76. The lowest BCUT2D eigenvalue weighted by Gasteiger charge is -2.05. The van der Waals surface area contributed by atoms with Gasteiger partial charge in [0.25, 0.3) is 0 Å². The Kier molecular flexibility index (Phi) is 5.80. The standard InChI is InChI=1S/C17H18O3/c18-17(20-16-10-5-2-6-11-16)12-7-13-19-14-15-8-3-1-4-9-15/h1-6,8-11H,7,12-14H2. The van der Waals surface area contributed by atoms with Gasteiger partial charge in [0.15, 0.2) is 0 Å². The van der Waals surface area contributed by atoms with Crippen molar-refractivity contribution in [3.63, 3.8) is 0 Å². The average molecular weight is 270 g/mol. The minimum Gasteiger partial charge on any atom is -0.427 e. The molecule has 104 valence electrons. The highest BCUT2D eigenvalue weighted by Crippen LogP contribution is 2.10. The number of hydrogen-bond acceptors (Lipinski definition) is 3. The fourth-order valence-electron chi connectivity index (χ4n) is 1.75. The first-order chi connectivity index (χ1) is 9.84. The Bertz CT molecular complexity index is 508. The van der Waals surface area contributed by atoms with Gasteiger partial charge in [-0.05, 0) is 24.1 Å². The maximum absolute atomic E-state index is 11.6. The van der Waals surface area contributed by atoms with Gasteiger partial charge >= 0.3 is 5.97 Å². The van der Waals surface area contributed by atoms with Crippen LogP contribution in [0.4, 0.5) is 0 Å². The molecule has 0 fully saturated rings. The van der Waals surface area contributed by atoms with Crippen molar-refractivity contribution in [2.75, 3.05) is 6.61 Å². The Morgan fingerprint density at radius 3 is 2.25 bits per heavy atom. The summed E-state index contributed by atoms with van der Waals surface area (Å²) in [6.07, 6.45) is 1.03. The lowest BCUT2D eigenvalue weighted by molar-refractivity contribution is -0.134. The van der Waals surface area contributed by atoms with Crippen LogP contribution in [-0.2, 0) is 16.1 Å². The second-order valence-electron chi connectivity index (χ2n) is 4.43. The van der Waals surface area contributed by atoms with Crippen molar-refractivity contribution in [2.24, 2.45) is 0 Å². The van der Waals surface area contributed by atoms with Crippen LogP contribution in [-0.4, -0.2) is 12.6 Å². The van der Waals surface area contributed by atoms with E-state index in [0.717, 1.165) is 5.56 Å². The van der Waals surface area contributed by atoms with E-state index < -0.39 is 0 Å². The van der Waals surface area contributed by atoms with E-state index in [1.165, 1.54) is 0 Å². The van der Waals surface area contributed by atoms with Gasteiger partial charge in [-0.1, -0.05) is 48.5 Å². The number of carbonyl (C=O) groups excluding carboxylic acids is 1. The molecule has 0 saturated heterocycles. The molecule has 0 aromatic heterocycles. The highest BCUT2D eigenvalue weighted by molar-refractivity contribution is 5.72. The summed E-state index contributed by atoms with van der Waals surface area (Å²) in [7, 11) is 0. The second kappa shape index (κ2) is 8.12. The molecular weight excluding hydrogens is 252 g/mol. The van der Waals surface area contributed by atoms with Gasteiger partial charge in [-0.25, -0.2) is 0 Å². The number of esters is 1. The van der Waals surface area contributed by atoms with E-state index in [1.807, 2.05) is 48.5 Å². The predicted molar refractivity (Wildman–Crippen MR) is 77.4 cm³/mol. The number of rotatable bonds is 7. The molecule has 0 aliphatic carbocycles. The van der Waals surface area contributed by atoms with Gasteiger partial charge in [-0.15, -0.1) is 0 Å². The van der Waals surface area contributed by atoms with Gasteiger partial charge in [0.2, 0.25) is 0 Å². The molecular formula is C17H18O3. The monoisotopic (exact) mass is 270 g/mol. The smallest absolute Gasteiger partial charge is 0.311 e. The normalized spacial score (nSPS) is 10.2. The van der Waals surface area contributed by atoms with Crippen molar-refractivity contribution in [2.45, 2.75) is 19.4 Å². The third kappa shape index (κ3) is 5.24. The van der Waals surface area contributed by atoms with E-state index in [0.29, 0.717) is 31.8 Å². The molecule has 0 saturated carbocycles. The summed E-state index contributed by atoms with van der Waals surface area (Å²) >= 11 is 0. The molecule has 0 bridgehead atoms. The minimum absolute atomic E-state index is 0.223. The Labute approximate surface area is 119 Å². The summed E-state index contributed by atoms with van der Waals surface area (Å²) < 4.78 is 10.7. The fraction of sp³-hybridized carbons (Fsp3) is 0.235. The first kappa shape index (κ1) is 14.3. The van der Waals surface area contributed by atoms with Crippen molar-refractivity contribution in [3.05, 3.63) is 66.2 Å². The van der Waals surface area contributed by atoms with Crippen molar-refractivity contribution < 1.29 is 14.3 Å². The summed E-state index contributed by atoms with van der Waals surface area (Å²) in [4.78, 5) is 11.6. The lowest BCUT2D eigenvalue weighted by Crippen LogP contribution is -2.09. The van der Waals surface area contributed by atoms with Gasteiger partial charge in [0.1, 0.15) is 5.75 Å². The van der Waals surface area contributed by atoms with Crippen LogP contribution in [0, 0.1) is 0 Å². The van der Waals surface area contributed by atoms with Crippen molar-refractivity contribution in [1.29, 1.82) is 0 Å². The molecule has 0 aliphatic heterocycles. The number of ether oxygens (including phenoxy) is 2. The summed E-state index contributed by atoms with van der Waals surface area (Å²) in [6.45, 7) is 1.13. The summed E-state index contributed by atoms with van der Waals surface area (Å²) in [6, 6.07) is 19.1. The van der Waals surface area contributed by atoms with Crippen LogP contribution in [0.15, 0.2) is 60.7 Å². The molecule has 0 heterocycles. The minimum atomic E-state index is -0.223. The van der Waals surface area contributed by atoms with Crippen molar-refractivity contribution >= 4 is 5.97 Å². The van der Waals surface area contributed by atoms with E-state index in [2.05, 4.69) is 0 Å². The Morgan fingerprint density at radius 2 is 1.55 bits per heavy atom. The maximum atomic E-state index is 11.6. The van der Waals surface area contributed by atoms with Gasteiger partial charge in [-0.3, -0.25) is 4.79 Å². The van der Waals surface area contributed by atoms with Gasteiger partial charge in [-0.2, -0.15) is 0 Å². The maximum Gasteiger partial charge on any atom is 0.311 e. The molecule has 3 heteroatoms. The van der Waals surface area contributed by atoms with E-state index in [-0.39, 0.29) is 5.97 Å². The molecule has 20 heavy (non-hydrogen) atoms. The highest BCUT2D eigenvalue weighted by Gasteiger charge is 2.04. The molecule has 3 nitrogen and oxygen atoms in total. The molecule has 0 aliphatic rings. The molecule has 2 rings (SSSR count). The zero-order chi connectivity index (χ0) is 14.0. The van der Waals surface area contributed by atoms with Gasteiger partial charge < -0.3 is 9.47 Å². The molecule has 0 atom stereocenters. The van der Waals surface area contributed by atoms with Crippen LogP contribution < -0.4 is 4.74 Å².